The van der Waals surface area contributed by atoms with Crippen molar-refractivity contribution in [2.75, 3.05) is 0 Å². The molecule has 0 saturated heterocycles. The van der Waals surface area contributed by atoms with Gasteiger partial charge in [-0.15, -0.1) is 0 Å². The van der Waals surface area contributed by atoms with Crippen LogP contribution < -0.4 is 0 Å². The minimum Gasteiger partial charge on any atom is -0.387 e. The molecule has 3 nitrogen and oxygen atoms in total. The van der Waals surface area contributed by atoms with Crippen molar-refractivity contribution < 1.29 is 9.50 Å². The Morgan fingerprint density at radius 1 is 1.24 bits per heavy atom. The zero-order chi connectivity index (χ0) is 17.4. The van der Waals surface area contributed by atoms with E-state index in [0.29, 0.717) is 17.4 Å². The third kappa shape index (κ3) is 3.34. The molecule has 134 valence electrons. The van der Waals surface area contributed by atoms with E-state index in [1.165, 1.54) is 11.3 Å². The van der Waals surface area contributed by atoms with E-state index >= 15 is 0 Å². The smallest absolute Gasteiger partial charge is 0.139 e. The average Bonchev–Trinajstić information content (AvgIpc) is 3.12. The van der Waals surface area contributed by atoms with Crippen LogP contribution in [0.25, 0.3) is 5.70 Å². The fraction of sp³-hybridized carbons (Fsp3) is 0.550. The molecule has 2 atom stereocenters. The summed E-state index contributed by atoms with van der Waals surface area (Å²) in [5.74, 6) is 0.710. The predicted molar refractivity (Wildman–Crippen MR) is 97.8 cm³/mol. The summed E-state index contributed by atoms with van der Waals surface area (Å²) in [5, 5.41) is 11.3. The quantitative estimate of drug-likeness (QED) is 0.851. The van der Waals surface area contributed by atoms with E-state index < -0.39 is 12.3 Å². The third-order valence-electron chi connectivity index (χ3n) is 5.90. The van der Waals surface area contributed by atoms with Gasteiger partial charge in [0.15, 0.2) is 0 Å². The van der Waals surface area contributed by atoms with Crippen molar-refractivity contribution in [3.63, 3.8) is 0 Å². The summed E-state index contributed by atoms with van der Waals surface area (Å²) in [4.78, 5) is 4.22. The van der Waals surface area contributed by atoms with Gasteiger partial charge in [-0.2, -0.15) is 0 Å². The molecule has 2 heterocycles. The number of aliphatic hydroxyl groups is 1. The molecule has 5 heteroatoms. The first kappa shape index (κ1) is 17.0. The number of hydrogen-bond acceptors (Lipinski definition) is 2. The van der Waals surface area contributed by atoms with Gasteiger partial charge in [-0.1, -0.05) is 23.8 Å². The van der Waals surface area contributed by atoms with Gasteiger partial charge in [0.2, 0.25) is 0 Å². The fourth-order valence-electron chi connectivity index (χ4n) is 4.42. The first-order valence-corrected chi connectivity index (χ1v) is 9.62. The molecular formula is C20H24ClFN2O. The second-order valence-electron chi connectivity index (χ2n) is 7.42. The van der Waals surface area contributed by atoms with E-state index in [9.17, 15) is 9.50 Å². The van der Waals surface area contributed by atoms with Crippen LogP contribution in [-0.2, 0) is 6.42 Å². The Bertz CT molecular complexity index is 728. The maximum Gasteiger partial charge on any atom is 0.139 e. The number of hydrogen-bond donors (Lipinski definition) is 1. The molecule has 4 rings (SSSR count). The number of imidazole rings is 1. The van der Waals surface area contributed by atoms with E-state index in [-0.39, 0.29) is 5.92 Å². The van der Waals surface area contributed by atoms with Gasteiger partial charge in [-0.05, 0) is 62.0 Å². The number of halogens is 2. The monoisotopic (exact) mass is 362 g/mol. The molecule has 0 radical (unpaired) electrons. The Balaban J connectivity index is 1.40. The van der Waals surface area contributed by atoms with Gasteiger partial charge in [0, 0.05) is 24.0 Å². The molecule has 0 bridgehead atoms. The first-order chi connectivity index (χ1) is 12.1. The molecular weight excluding hydrogens is 339 g/mol. The fourth-order valence-corrected chi connectivity index (χ4v) is 4.64. The summed E-state index contributed by atoms with van der Waals surface area (Å²) in [6, 6.07) is 0. The third-order valence-corrected chi connectivity index (χ3v) is 6.25. The number of aromatic nitrogens is 2. The molecule has 1 fully saturated rings. The van der Waals surface area contributed by atoms with Crippen LogP contribution >= 0.6 is 11.6 Å². The van der Waals surface area contributed by atoms with E-state index in [4.69, 9.17) is 11.6 Å². The lowest BCUT2D eigenvalue weighted by Gasteiger charge is -2.34. The minimum atomic E-state index is -1.04. The Kier molecular flexibility index (Phi) is 4.83. The standard InChI is InChI=1S/C20H24ClFN2O/c21-17-10-15(8-9-18(17)22)13-4-6-14(7-5-13)20(25)19-3-1-2-16-11-23-12-24(16)19/h3,8,10-14,18,20,25H,1-2,4-7,9H2. The second-order valence-corrected chi connectivity index (χ2v) is 7.85. The van der Waals surface area contributed by atoms with Crippen molar-refractivity contribution in [2.45, 2.75) is 57.2 Å². The van der Waals surface area contributed by atoms with E-state index in [1.807, 2.05) is 29.2 Å². The van der Waals surface area contributed by atoms with Crippen LogP contribution in [0.2, 0.25) is 0 Å². The molecule has 2 aliphatic carbocycles. The highest BCUT2D eigenvalue weighted by Crippen LogP contribution is 2.40. The number of fused-ring (bicyclic) bond motifs is 1. The van der Waals surface area contributed by atoms with Crippen molar-refractivity contribution >= 4 is 17.3 Å². The molecule has 1 aliphatic heterocycles. The first-order valence-electron chi connectivity index (χ1n) is 9.24. The molecule has 0 spiro atoms. The lowest BCUT2D eigenvalue weighted by molar-refractivity contribution is 0.118. The summed E-state index contributed by atoms with van der Waals surface area (Å²) in [6.45, 7) is 0. The van der Waals surface area contributed by atoms with Gasteiger partial charge < -0.3 is 9.67 Å². The number of allylic oxidation sites excluding steroid dienone is 5. The van der Waals surface area contributed by atoms with Crippen LogP contribution in [-0.4, -0.2) is 26.9 Å². The summed E-state index contributed by atoms with van der Waals surface area (Å²) in [6.07, 6.45) is 14.5. The van der Waals surface area contributed by atoms with Crippen molar-refractivity contribution in [1.29, 1.82) is 0 Å². The van der Waals surface area contributed by atoms with Gasteiger partial charge in [-0.3, -0.25) is 0 Å². The molecule has 1 saturated carbocycles. The van der Waals surface area contributed by atoms with Crippen LogP contribution in [0.3, 0.4) is 0 Å². The van der Waals surface area contributed by atoms with Crippen molar-refractivity contribution in [2.24, 2.45) is 11.8 Å². The zero-order valence-corrected chi connectivity index (χ0v) is 15.0. The molecule has 1 aromatic rings. The number of aryl methyl sites for hydroxylation is 1. The van der Waals surface area contributed by atoms with Crippen LogP contribution in [0.15, 0.2) is 41.4 Å². The van der Waals surface area contributed by atoms with Crippen LogP contribution in [0, 0.1) is 11.8 Å². The SMILES string of the molecule is OC(C1=CCCc2cncn21)C1CCC(C2=CCC(F)C(Cl)=C2)CC1. The van der Waals surface area contributed by atoms with Gasteiger partial charge in [0.1, 0.15) is 6.17 Å². The highest BCUT2D eigenvalue weighted by atomic mass is 35.5. The van der Waals surface area contributed by atoms with E-state index in [1.54, 1.807) is 0 Å². The van der Waals surface area contributed by atoms with Gasteiger partial charge in [0.25, 0.3) is 0 Å². The van der Waals surface area contributed by atoms with Crippen LogP contribution in [0.1, 0.15) is 44.2 Å². The maximum absolute atomic E-state index is 13.5. The van der Waals surface area contributed by atoms with E-state index in [2.05, 4.69) is 11.1 Å². The number of rotatable bonds is 3. The normalized spacial score (nSPS) is 30.8. The molecule has 3 aliphatic rings. The average molecular weight is 363 g/mol. The van der Waals surface area contributed by atoms with Crippen molar-refractivity contribution in [1.82, 2.24) is 9.55 Å². The van der Waals surface area contributed by atoms with Gasteiger partial charge >= 0.3 is 0 Å². The van der Waals surface area contributed by atoms with Gasteiger partial charge in [-0.25, -0.2) is 9.37 Å². The van der Waals surface area contributed by atoms with Gasteiger partial charge in [0.05, 0.1) is 17.5 Å². The predicted octanol–water partition coefficient (Wildman–Crippen LogP) is 4.63. The Morgan fingerprint density at radius 3 is 2.80 bits per heavy atom. The lowest BCUT2D eigenvalue weighted by atomic mass is 9.75. The summed E-state index contributed by atoms with van der Waals surface area (Å²) < 4.78 is 15.5. The molecule has 2 unspecified atom stereocenters. The maximum atomic E-state index is 13.5. The lowest BCUT2D eigenvalue weighted by Crippen LogP contribution is -2.30. The van der Waals surface area contributed by atoms with Crippen molar-refractivity contribution in [3.8, 4) is 0 Å². The highest BCUT2D eigenvalue weighted by molar-refractivity contribution is 6.30. The molecule has 0 amide bonds. The summed E-state index contributed by atoms with van der Waals surface area (Å²) in [5.41, 5.74) is 3.35. The molecule has 1 aromatic heterocycles. The summed E-state index contributed by atoms with van der Waals surface area (Å²) in [7, 11) is 0. The molecule has 1 N–H and O–H groups in total. The molecule has 0 aromatic carbocycles. The highest BCUT2D eigenvalue weighted by Gasteiger charge is 2.32. The van der Waals surface area contributed by atoms with Crippen LogP contribution in [0.5, 0.6) is 0 Å². The zero-order valence-electron chi connectivity index (χ0n) is 14.2. The molecule has 25 heavy (non-hydrogen) atoms. The Labute approximate surface area is 152 Å². The number of nitrogens with zero attached hydrogens (tertiary/aromatic N) is 2. The second kappa shape index (κ2) is 7.08. The summed E-state index contributed by atoms with van der Waals surface area (Å²) >= 11 is 5.99. The number of aliphatic hydroxyl groups excluding tert-OH is 1. The Morgan fingerprint density at radius 2 is 2.04 bits per heavy atom. The van der Waals surface area contributed by atoms with E-state index in [0.717, 1.165) is 44.2 Å². The van der Waals surface area contributed by atoms with Crippen molar-refractivity contribution in [3.05, 3.63) is 47.1 Å². The largest absolute Gasteiger partial charge is 0.387 e. The Hall–Kier alpha value is -1.39. The minimum absolute atomic E-state index is 0.272. The van der Waals surface area contributed by atoms with Crippen LogP contribution in [0.4, 0.5) is 4.39 Å². The number of alkyl halides is 1. The topological polar surface area (TPSA) is 38.1 Å².